The average molecular weight is 267 g/mol. The minimum Gasteiger partial charge on any atom is -0.466 e. The number of ether oxygens (including phenoxy) is 1. The number of hydrogen-bond acceptors (Lipinski definition) is 3. The number of nitrogens with zero attached hydrogens (tertiary/aromatic N) is 1. The number of unbranched alkanes of at least 4 members (excludes halogenated alkanes) is 2. The van der Waals surface area contributed by atoms with Gasteiger partial charge in [-0.1, -0.05) is 26.2 Å². The van der Waals surface area contributed by atoms with Crippen LogP contribution in [0.3, 0.4) is 0 Å². The van der Waals surface area contributed by atoms with Crippen molar-refractivity contribution in [2.75, 3.05) is 13.2 Å². The molecule has 0 radical (unpaired) electrons. The summed E-state index contributed by atoms with van der Waals surface area (Å²) in [6.45, 7) is 5.87. The van der Waals surface area contributed by atoms with Gasteiger partial charge in [-0.2, -0.15) is 0 Å². The van der Waals surface area contributed by atoms with Gasteiger partial charge in [0.15, 0.2) is 0 Å². The van der Waals surface area contributed by atoms with Crippen molar-refractivity contribution in [2.24, 2.45) is 5.92 Å². The van der Waals surface area contributed by atoms with Crippen molar-refractivity contribution < 1.29 is 9.53 Å². The molecule has 0 N–H and O–H groups in total. The van der Waals surface area contributed by atoms with Crippen molar-refractivity contribution >= 4 is 5.97 Å². The van der Waals surface area contributed by atoms with E-state index in [-0.39, 0.29) is 11.9 Å². The Hall–Kier alpha value is -0.570. The highest BCUT2D eigenvalue weighted by atomic mass is 16.5. The summed E-state index contributed by atoms with van der Waals surface area (Å²) in [7, 11) is 0. The van der Waals surface area contributed by atoms with Crippen LogP contribution >= 0.6 is 0 Å². The molecule has 3 heteroatoms. The summed E-state index contributed by atoms with van der Waals surface area (Å²) in [6, 6.07) is 1.20. The lowest BCUT2D eigenvalue weighted by Gasteiger charge is -2.41. The molecule has 0 aromatic heterocycles. The number of esters is 1. The molecule has 2 heterocycles. The van der Waals surface area contributed by atoms with Gasteiger partial charge in [0.05, 0.1) is 12.5 Å². The number of rotatable bonds is 6. The highest BCUT2D eigenvalue weighted by Gasteiger charge is 2.43. The van der Waals surface area contributed by atoms with Gasteiger partial charge in [0.1, 0.15) is 0 Å². The van der Waals surface area contributed by atoms with E-state index in [1.54, 1.807) is 0 Å². The number of carbonyl (C=O) groups excluding carboxylic acids is 1. The van der Waals surface area contributed by atoms with Crippen LogP contribution in [0.25, 0.3) is 0 Å². The molecule has 2 saturated heterocycles. The van der Waals surface area contributed by atoms with Gasteiger partial charge < -0.3 is 4.74 Å². The zero-order valence-electron chi connectivity index (χ0n) is 12.6. The molecule has 2 rings (SSSR count). The van der Waals surface area contributed by atoms with Crippen LogP contribution in [0.15, 0.2) is 0 Å². The van der Waals surface area contributed by atoms with Crippen molar-refractivity contribution in [1.82, 2.24) is 4.90 Å². The van der Waals surface area contributed by atoms with Crippen LogP contribution < -0.4 is 0 Å². The number of fused-ring (bicyclic) bond motifs is 1. The summed E-state index contributed by atoms with van der Waals surface area (Å²) >= 11 is 0. The first-order valence-electron chi connectivity index (χ1n) is 8.20. The van der Waals surface area contributed by atoms with Crippen molar-refractivity contribution in [2.45, 2.75) is 77.3 Å². The second kappa shape index (κ2) is 7.28. The van der Waals surface area contributed by atoms with Crippen LogP contribution in [-0.2, 0) is 9.53 Å². The summed E-state index contributed by atoms with van der Waals surface area (Å²) in [5.74, 6) is 0.191. The second-order valence-electron chi connectivity index (χ2n) is 6.03. The van der Waals surface area contributed by atoms with E-state index in [4.69, 9.17) is 4.74 Å². The lowest BCUT2D eigenvalue weighted by atomic mass is 9.84. The first kappa shape index (κ1) is 14.8. The quantitative estimate of drug-likeness (QED) is 0.546. The zero-order valence-corrected chi connectivity index (χ0v) is 12.6. The highest BCUT2D eigenvalue weighted by molar-refractivity contribution is 5.73. The molecule has 19 heavy (non-hydrogen) atoms. The first-order chi connectivity index (χ1) is 9.27. The third-order valence-corrected chi connectivity index (χ3v) is 4.82. The fourth-order valence-corrected chi connectivity index (χ4v) is 3.89. The van der Waals surface area contributed by atoms with Gasteiger partial charge in [0, 0.05) is 12.1 Å². The zero-order chi connectivity index (χ0) is 13.7. The molecule has 3 nitrogen and oxygen atoms in total. The molecule has 110 valence electrons. The number of carbonyl (C=O) groups is 1. The maximum absolute atomic E-state index is 12.1. The van der Waals surface area contributed by atoms with Crippen LogP contribution in [0.5, 0.6) is 0 Å². The molecule has 0 spiro atoms. The highest BCUT2D eigenvalue weighted by Crippen LogP contribution is 2.37. The number of piperidine rings is 1. The van der Waals surface area contributed by atoms with Crippen LogP contribution in [0.2, 0.25) is 0 Å². The van der Waals surface area contributed by atoms with Gasteiger partial charge in [-0.15, -0.1) is 0 Å². The van der Waals surface area contributed by atoms with Crippen molar-refractivity contribution in [1.29, 1.82) is 0 Å². The summed E-state index contributed by atoms with van der Waals surface area (Å²) in [6.07, 6.45) is 9.96. The topological polar surface area (TPSA) is 29.5 Å². The maximum atomic E-state index is 12.1. The fraction of sp³-hybridized carbons (Fsp3) is 0.938. The van der Waals surface area contributed by atoms with Crippen LogP contribution in [0.1, 0.15) is 65.2 Å². The Morgan fingerprint density at radius 1 is 1.21 bits per heavy atom. The minimum absolute atomic E-state index is 0.0476. The molecule has 0 bridgehead atoms. The molecule has 0 aromatic rings. The van der Waals surface area contributed by atoms with E-state index in [9.17, 15) is 4.79 Å². The molecule has 0 aliphatic carbocycles. The van der Waals surface area contributed by atoms with Gasteiger partial charge in [-0.25, -0.2) is 0 Å². The van der Waals surface area contributed by atoms with E-state index in [0.717, 1.165) is 12.5 Å². The van der Waals surface area contributed by atoms with E-state index in [0.29, 0.717) is 12.6 Å². The Bertz CT molecular complexity index is 292. The summed E-state index contributed by atoms with van der Waals surface area (Å²) < 4.78 is 5.26. The molecule has 0 saturated carbocycles. The molecular formula is C16H29NO2. The largest absolute Gasteiger partial charge is 0.466 e. The van der Waals surface area contributed by atoms with Crippen LogP contribution in [0.4, 0.5) is 0 Å². The molecule has 0 aromatic carbocycles. The predicted molar refractivity (Wildman–Crippen MR) is 77.0 cm³/mol. The third kappa shape index (κ3) is 3.50. The van der Waals surface area contributed by atoms with E-state index < -0.39 is 0 Å². The van der Waals surface area contributed by atoms with Crippen molar-refractivity contribution in [3.63, 3.8) is 0 Å². The Balaban J connectivity index is 1.91. The molecular weight excluding hydrogens is 238 g/mol. The van der Waals surface area contributed by atoms with E-state index in [1.807, 2.05) is 6.92 Å². The third-order valence-electron chi connectivity index (χ3n) is 4.82. The first-order valence-corrected chi connectivity index (χ1v) is 8.20. The Morgan fingerprint density at radius 2 is 2.05 bits per heavy atom. The smallest absolute Gasteiger partial charge is 0.310 e. The van der Waals surface area contributed by atoms with Gasteiger partial charge >= 0.3 is 5.97 Å². The van der Waals surface area contributed by atoms with E-state index in [2.05, 4.69) is 11.8 Å². The Morgan fingerprint density at radius 3 is 2.79 bits per heavy atom. The SMILES string of the molecule is CCCCC[C@@H]1CC[C@H](C(=O)OCC)[C@@H]2CCCN12. The van der Waals surface area contributed by atoms with Gasteiger partial charge in [-0.3, -0.25) is 9.69 Å². The van der Waals surface area contributed by atoms with Crippen LogP contribution in [0, 0.1) is 5.92 Å². The molecule has 3 atom stereocenters. The molecule has 2 fully saturated rings. The second-order valence-corrected chi connectivity index (χ2v) is 6.03. The van der Waals surface area contributed by atoms with E-state index in [1.165, 1.54) is 51.5 Å². The van der Waals surface area contributed by atoms with E-state index >= 15 is 0 Å². The minimum atomic E-state index is 0.0476. The van der Waals surface area contributed by atoms with Gasteiger partial charge in [-0.05, 0) is 45.6 Å². The molecule has 2 aliphatic rings. The van der Waals surface area contributed by atoms with Gasteiger partial charge in [0.25, 0.3) is 0 Å². The summed E-state index contributed by atoms with van der Waals surface area (Å²) in [5.41, 5.74) is 0. The summed E-state index contributed by atoms with van der Waals surface area (Å²) in [4.78, 5) is 14.7. The van der Waals surface area contributed by atoms with Crippen molar-refractivity contribution in [3.05, 3.63) is 0 Å². The Kier molecular flexibility index (Phi) is 5.68. The molecule has 0 unspecified atom stereocenters. The Labute approximate surface area is 117 Å². The average Bonchev–Trinajstić information content (AvgIpc) is 2.88. The van der Waals surface area contributed by atoms with Crippen LogP contribution in [-0.4, -0.2) is 36.1 Å². The van der Waals surface area contributed by atoms with Crippen molar-refractivity contribution in [3.8, 4) is 0 Å². The standard InChI is InChI=1S/C16H29NO2/c1-3-5-6-8-13-10-11-14(16(18)19-4-2)15-9-7-12-17(13)15/h13-15H,3-12H2,1-2H3/t13-,14+,15+/m1/s1. The van der Waals surface area contributed by atoms with Gasteiger partial charge in [0.2, 0.25) is 0 Å². The molecule has 2 aliphatic heterocycles. The maximum Gasteiger partial charge on any atom is 0.310 e. The monoisotopic (exact) mass is 267 g/mol. The fourth-order valence-electron chi connectivity index (χ4n) is 3.89. The molecule has 0 amide bonds. The lowest BCUT2D eigenvalue weighted by molar-refractivity contribution is -0.152. The predicted octanol–water partition coefficient (Wildman–Crippen LogP) is 3.37. The number of hydrogen-bond donors (Lipinski definition) is 0. The lowest BCUT2D eigenvalue weighted by Crippen LogP contribution is -2.49. The summed E-state index contributed by atoms with van der Waals surface area (Å²) in [5, 5.41) is 0. The normalized spacial score (nSPS) is 31.2.